The molecule has 0 spiro atoms. The topological polar surface area (TPSA) is 48.7 Å². The number of aryl methyl sites for hydroxylation is 1. The minimum atomic E-state index is -4.93. The molecule has 1 aromatic heterocycles. The molecule has 3 atom stereocenters. The smallest absolute Gasteiger partial charge is 0.387 e. The number of hydrogen-bond donors (Lipinski definition) is 1. The van der Waals surface area contributed by atoms with Gasteiger partial charge in [0, 0.05) is 18.5 Å². The van der Waals surface area contributed by atoms with Gasteiger partial charge in [0.05, 0.1) is 28.8 Å². The Bertz CT molecular complexity index is 912. The van der Waals surface area contributed by atoms with Crippen LogP contribution in [0.3, 0.4) is 0 Å². The van der Waals surface area contributed by atoms with E-state index in [1.807, 2.05) is 12.3 Å². The average Bonchev–Trinajstić information content (AvgIpc) is 3.02. The van der Waals surface area contributed by atoms with Crippen LogP contribution in [-0.4, -0.2) is 58.8 Å². The Kier molecular flexibility index (Phi) is 6.26. The van der Waals surface area contributed by atoms with Gasteiger partial charge in [0.1, 0.15) is 5.71 Å². The first-order valence-electron chi connectivity index (χ1n) is 8.96. The molecule has 2 aliphatic rings. The normalized spacial score (nSPS) is 23.1. The lowest BCUT2D eigenvalue weighted by molar-refractivity contribution is -0.164. The number of hydrogen-bond acceptors (Lipinski definition) is 5. The molecule has 30 heavy (non-hydrogen) atoms. The van der Waals surface area contributed by atoms with Gasteiger partial charge in [-0.3, -0.25) is 9.89 Å². The van der Waals surface area contributed by atoms with Crippen LogP contribution in [0.25, 0.3) is 0 Å². The van der Waals surface area contributed by atoms with E-state index in [2.05, 4.69) is 9.98 Å². The van der Waals surface area contributed by atoms with Crippen molar-refractivity contribution in [2.24, 2.45) is 10.9 Å². The van der Waals surface area contributed by atoms with E-state index in [0.29, 0.717) is 12.6 Å². The largest absolute Gasteiger partial charge is 0.432 e. The Morgan fingerprint density at radius 3 is 2.50 bits per heavy atom. The molecule has 164 valence electrons. The molecule has 0 fully saturated rings. The summed E-state index contributed by atoms with van der Waals surface area (Å²) in [6, 6.07) is -1.78. The molecule has 2 heterocycles. The maximum atomic E-state index is 13.4. The third-order valence-electron chi connectivity index (χ3n) is 4.77. The van der Waals surface area contributed by atoms with Crippen molar-refractivity contribution in [3.63, 3.8) is 0 Å². The number of halogens is 6. The van der Waals surface area contributed by atoms with Crippen molar-refractivity contribution in [1.82, 2.24) is 9.88 Å². The van der Waals surface area contributed by atoms with Gasteiger partial charge >= 0.3 is 12.4 Å². The van der Waals surface area contributed by atoms with Crippen molar-refractivity contribution in [3.05, 3.63) is 51.5 Å². The maximum Gasteiger partial charge on any atom is 0.432 e. The van der Waals surface area contributed by atoms with Crippen molar-refractivity contribution >= 4 is 17.0 Å². The van der Waals surface area contributed by atoms with Crippen molar-refractivity contribution in [3.8, 4) is 0 Å². The zero-order chi connectivity index (χ0) is 22.3. The molecule has 0 bridgehead atoms. The van der Waals surface area contributed by atoms with Gasteiger partial charge in [-0.15, -0.1) is 11.3 Å². The summed E-state index contributed by atoms with van der Waals surface area (Å²) in [6.45, 7) is 2.08. The predicted molar refractivity (Wildman–Crippen MR) is 101 cm³/mol. The van der Waals surface area contributed by atoms with Crippen LogP contribution in [0.4, 0.5) is 26.3 Å². The molecule has 1 aromatic rings. The number of aliphatic imine (C=N–C) groups is 1. The lowest BCUT2D eigenvalue weighted by atomic mass is 9.80. The SMILES string of the molecule is Cc1nc(CN(C)CC(O)C2=CC(C(F)(F)F)=NC3C2=CC=CC3C(F)(F)F)cs1. The third-order valence-corrected chi connectivity index (χ3v) is 5.59. The average molecular weight is 451 g/mol. The Balaban J connectivity index is 1.87. The van der Waals surface area contributed by atoms with Gasteiger partial charge in [0.2, 0.25) is 0 Å². The highest BCUT2D eigenvalue weighted by Crippen LogP contribution is 2.42. The van der Waals surface area contributed by atoms with Gasteiger partial charge in [-0.1, -0.05) is 18.2 Å². The summed E-state index contributed by atoms with van der Waals surface area (Å²) in [5.74, 6) is -2.19. The van der Waals surface area contributed by atoms with Gasteiger partial charge in [-0.25, -0.2) is 4.98 Å². The van der Waals surface area contributed by atoms with Crippen LogP contribution < -0.4 is 0 Å². The number of rotatable bonds is 5. The number of dihydropyridines is 1. The fourth-order valence-corrected chi connectivity index (χ4v) is 4.06. The molecule has 0 radical (unpaired) electrons. The zero-order valence-electron chi connectivity index (χ0n) is 16.0. The van der Waals surface area contributed by atoms with Crippen LogP contribution in [-0.2, 0) is 6.54 Å². The molecule has 0 saturated carbocycles. The summed E-state index contributed by atoms with van der Waals surface area (Å²) in [7, 11) is 1.64. The fraction of sp³-hybridized carbons (Fsp3) is 0.474. The second-order valence-electron chi connectivity index (χ2n) is 7.20. The van der Waals surface area contributed by atoms with Crippen LogP contribution >= 0.6 is 11.3 Å². The molecule has 1 N–H and O–H groups in total. The third kappa shape index (κ3) is 5.01. The lowest BCUT2D eigenvalue weighted by Crippen LogP contribution is -2.42. The molecule has 0 aromatic carbocycles. The quantitative estimate of drug-likeness (QED) is 0.682. The molecular formula is C19H19F6N3OS. The van der Waals surface area contributed by atoms with Gasteiger partial charge in [-0.05, 0) is 31.2 Å². The van der Waals surface area contributed by atoms with Crippen LogP contribution in [0.2, 0.25) is 0 Å². The first-order valence-corrected chi connectivity index (χ1v) is 9.84. The van der Waals surface area contributed by atoms with E-state index >= 15 is 0 Å². The first kappa shape index (κ1) is 22.7. The Hall–Kier alpha value is -1.98. The number of thiazole rings is 1. The van der Waals surface area contributed by atoms with Crippen LogP contribution in [0.5, 0.6) is 0 Å². The summed E-state index contributed by atoms with van der Waals surface area (Å²) in [5, 5.41) is 13.3. The first-order chi connectivity index (χ1) is 13.9. The summed E-state index contributed by atoms with van der Waals surface area (Å²) in [5.41, 5.74) is -0.960. The minimum absolute atomic E-state index is 0.0572. The number of alkyl halides is 6. The van der Waals surface area contributed by atoms with E-state index in [4.69, 9.17) is 0 Å². The molecule has 11 heteroatoms. The summed E-state index contributed by atoms with van der Waals surface area (Å²) in [4.78, 5) is 9.28. The Labute approximate surface area is 172 Å². The van der Waals surface area contributed by atoms with Crippen LogP contribution in [0, 0.1) is 12.8 Å². The molecule has 4 nitrogen and oxygen atoms in total. The van der Waals surface area contributed by atoms with E-state index in [1.165, 1.54) is 17.4 Å². The molecule has 3 unspecified atom stereocenters. The molecule has 1 aliphatic carbocycles. The number of aliphatic hydroxyl groups is 1. The zero-order valence-corrected chi connectivity index (χ0v) is 16.8. The summed E-state index contributed by atoms with van der Waals surface area (Å²) < 4.78 is 80.1. The van der Waals surface area contributed by atoms with Gasteiger partial charge < -0.3 is 5.11 Å². The minimum Gasteiger partial charge on any atom is -0.387 e. The fourth-order valence-electron chi connectivity index (χ4n) is 3.46. The Morgan fingerprint density at radius 1 is 1.23 bits per heavy atom. The second kappa shape index (κ2) is 8.27. The van der Waals surface area contributed by atoms with Crippen molar-refractivity contribution in [2.45, 2.75) is 38.0 Å². The lowest BCUT2D eigenvalue weighted by Gasteiger charge is -2.35. The highest BCUT2D eigenvalue weighted by molar-refractivity contribution is 7.09. The maximum absolute atomic E-state index is 13.4. The molecule has 0 saturated heterocycles. The molecule has 3 rings (SSSR count). The second-order valence-corrected chi connectivity index (χ2v) is 8.26. The van der Waals surface area contributed by atoms with Crippen molar-refractivity contribution in [2.75, 3.05) is 13.6 Å². The number of aromatic nitrogens is 1. The molecular weight excluding hydrogens is 432 g/mol. The molecule has 1 aliphatic heterocycles. The van der Waals surface area contributed by atoms with Crippen molar-refractivity contribution in [1.29, 1.82) is 0 Å². The predicted octanol–water partition coefficient (Wildman–Crippen LogP) is 4.23. The number of likely N-dealkylation sites (N-methyl/N-ethyl adjacent to an activating group) is 1. The van der Waals surface area contributed by atoms with E-state index in [-0.39, 0.29) is 17.7 Å². The highest BCUT2D eigenvalue weighted by Gasteiger charge is 2.49. The number of allylic oxidation sites excluding steroid dienone is 3. The monoisotopic (exact) mass is 451 g/mol. The van der Waals surface area contributed by atoms with Crippen molar-refractivity contribution < 1.29 is 31.4 Å². The standard InChI is InChI=1S/C19H19F6N3OS/c1-10-26-11(9-30-10)7-28(2)8-15(29)13-6-16(19(23,24)25)27-17-12(13)4-3-5-14(17)18(20,21)22/h3-6,9,14-15,17,29H,7-8H2,1-2H3. The summed E-state index contributed by atoms with van der Waals surface area (Å²) in [6.07, 6.45) is -7.29. The van der Waals surface area contributed by atoms with Gasteiger partial charge in [0.25, 0.3) is 0 Å². The van der Waals surface area contributed by atoms with Gasteiger partial charge in [0.15, 0.2) is 0 Å². The van der Waals surface area contributed by atoms with E-state index in [9.17, 15) is 31.4 Å². The van der Waals surface area contributed by atoms with E-state index < -0.39 is 36.1 Å². The van der Waals surface area contributed by atoms with Crippen LogP contribution in [0.1, 0.15) is 10.7 Å². The number of fused-ring (bicyclic) bond motifs is 1. The summed E-state index contributed by atoms with van der Waals surface area (Å²) >= 11 is 1.44. The van der Waals surface area contributed by atoms with E-state index in [0.717, 1.165) is 22.9 Å². The molecule has 0 amide bonds. The van der Waals surface area contributed by atoms with Crippen LogP contribution in [0.15, 0.2) is 45.8 Å². The number of aliphatic hydroxyl groups excluding tert-OH is 1. The highest BCUT2D eigenvalue weighted by atomic mass is 32.1. The Morgan fingerprint density at radius 2 is 1.93 bits per heavy atom. The van der Waals surface area contributed by atoms with Gasteiger partial charge in [-0.2, -0.15) is 26.3 Å². The van der Waals surface area contributed by atoms with E-state index in [1.54, 1.807) is 11.9 Å². The number of nitrogens with zero attached hydrogens (tertiary/aromatic N) is 3.